The van der Waals surface area contributed by atoms with E-state index in [9.17, 15) is 9.59 Å². The van der Waals surface area contributed by atoms with E-state index in [2.05, 4.69) is 10.6 Å². The molecule has 7 heteroatoms. The molecule has 2 amide bonds. The number of hydrogen-bond acceptors (Lipinski definition) is 5. The Labute approximate surface area is 203 Å². The van der Waals surface area contributed by atoms with E-state index in [-0.39, 0.29) is 23.6 Å². The van der Waals surface area contributed by atoms with E-state index in [1.165, 1.54) is 11.3 Å². The molecule has 1 aliphatic heterocycles. The van der Waals surface area contributed by atoms with Crippen molar-refractivity contribution < 1.29 is 19.1 Å². The van der Waals surface area contributed by atoms with Crippen molar-refractivity contribution in [2.75, 3.05) is 7.11 Å². The van der Waals surface area contributed by atoms with Gasteiger partial charge in [-0.3, -0.25) is 9.59 Å². The van der Waals surface area contributed by atoms with Gasteiger partial charge in [-0.05, 0) is 62.6 Å². The zero-order chi connectivity index (χ0) is 24.3. The molecule has 2 heterocycles. The number of ether oxygens (including phenoxy) is 2. The second kappa shape index (κ2) is 9.73. The average Bonchev–Trinajstić information content (AvgIpc) is 3.31. The predicted molar refractivity (Wildman–Crippen MR) is 134 cm³/mol. The van der Waals surface area contributed by atoms with Crippen molar-refractivity contribution in [2.24, 2.45) is 0 Å². The van der Waals surface area contributed by atoms with Gasteiger partial charge in [-0.1, -0.05) is 23.8 Å². The maximum absolute atomic E-state index is 13.4. The monoisotopic (exact) mass is 476 g/mol. The molecule has 0 saturated heterocycles. The van der Waals surface area contributed by atoms with Crippen molar-refractivity contribution in [1.29, 1.82) is 0 Å². The second-order valence-electron chi connectivity index (χ2n) is 8.89. The van der Waals surface area contributed by atoms with Crippen molar-refractivity contribution in [3.8, 4) is 11.5 Å². The number of nitrogens with one attached hydrogen (secondary N) is 2. The van der Waals surface area contributed by atoms with Crippen molar-refractivity contribution in [1.82, 2.24) is 10.6 Å². The Balaban J connectivity index is 1.61. The lowest BCUT2D eigenvalue weighted by Gasteiger charge is -2.38. The molecule has 6 nitrogen and oxygen atoms in total. The topological polar surface area (TPSA) is 76.7 Å². The lowest BCUT2D eigenvalue weighted by Crippen LogP contribution is -2.43. The molecule has 2 aromatic carbocycles. The molecule has 176 valence electrons. The molecule has 0 unspecified atom stereocenters. The smallest absolute Gasteiger partial charge is 0.268 e. The van der Waals surface area contributed by atoms with Gasteiger partial charge < -0.3 is 20.1 Å². The molecule has 2 N–H and O–H groups in total. The van der Waals surface area contributed by atoms with E-state index in [4.69, 9.17) is 9.47 Å². The minimum absolute atomic E-state index is 0.187. The van der Waals surface area contributed by atoms with Crippen LogP contribution in [0, 0.1) is 6.92 Å². The largest absolute Gasteiger partial charge is 0.497 e. The first-order valence-corrected chi connectivity index (χ1v) is 11.9. The van der Waals surface area contributed by atoms with Crippen LogP contribution < -0.4 is 20.1 Å². The standard InChI is InChI=1S/C27H28N2O4S/c1-17-7-9-18(10-8-17)25(30)28-22(15-20-6-5-13-34-20)26(31)29-23-16-27(2,3)33-24-14-19(32-4)11-12-21(23)24/h5-15,23H,16H2,1-4H3,(H,28,30)(H,29,31)/b22-15-/t23-/m0/s1. The number of amides is 2. The Morgan fingerprint density at radius 2 is 1.91 bits per heavy atom. The molecular formula is C27H28N2O4S. The highest BCUT2D eigenvalue weighted by Crippen LogP contribution is 2.41. The first-order chi connectivity index (χ1) is 16.2. The lowest BCUT2D eigenvalue weighted by atomic mass is 9.89. The van der Waals surface area contributed by atoms with Crippen LogP contribution >= 0.6 is 11.3 Å². The zero-order valence-corrected chi connectivity index (χ0v) is 20.5. The van der Waals surface area contributed by atoms with Crippen LogP contribution in [0.15, 0.2) is 65.7 Å². The number of thiophene rings is 1. The normalized spacial score (nSPS) is 16.7. The number of aryl methyl sites for hydroxylation is 1. The summed E-state index contributed by atoms with van der Waals surface area (Å²) in [6, 6.07) is 16.3. The van der Waals surface area contributed by atoms with Crippen LogP contribution in [-0.4, -0.2) is 24.5 Å². The van der Waals surface area contributed by atoms with E-state index in [0.29, 0.717) is 23.5 Å². The molecule has 0 fully saturated rings. The van der Waals surface area contributed by atoms with Crippen LogP contribution in [0.5, 0.6) is 11.5 Å². The van der Waals surface area contributed by atoms with Crippen molar-refractivity contribution in [3.05, 3.63) is 87.2 Å². The van der Waals surface area contributed by atoms with Crippen molar-refractivity contribution in [3.63, 3.8) is 0 Å². The summed E-state index contributed by atoms with van der Waals surface area (Å²) in [7, 11) is 1.60. The van der Waals surface area contributed by atoms with E-state index in [1.807, 2.05) is 68.6 Å². The minimum atomic E-state index is -0.486. The summed E-state index contributed by atoms with van der Waals surface area (Å²) < 4.78 is 11.5. The number of methoxy groups -OCH3 is 1. The van der Waals surface area contributed by atoms with Gasteiger partial charge in [-0.2, -0.15) is 0 Å². The number of hydrogen-bond donors (Lipinski definition) is 2. The Morgan fingerprint density at radius 3 is 2.59 bits per heavy atom. The highest BCUT2D eigenvalue weighted by Gasteiger charge is 2.35. The van der Waals surface area contributed by atoms with E-state index >= 15 is 0 Å². The number of carbonyl (C=O) groups excluding carboxylic acids is 2. The highest BCUT2D eigenvalue weighted by molar-refractivity contribution is 7.10. The summed E-state index contributed by atoms with van der Waals surface area (Å²) in [5.74, 6) is 0.660. The molecule has 34 heavy (non-hydrogen) atoms. The van der Waals surface area contributed by atoms with Gasteiger partial charge in [-0.25, -0.2) is 0 Å². The molecule has 0 radical (unpaired) electrons. The van der Waals surface area contributed by atoms with Crippen LogP contribution in [-0.2, 0) is 4.79 Å². The van der Waals surface area contributed by atoms with E-state index in [0.717, 1.165) is 16.0 Å². The SMILES string of the molecule is COc1ccc2c(c1)OC(C)(C)C[C@@H]2NC(=O)/C(=C/c1cccs1)NC(=O)c1ccc(C)cc1. The second-order valence-corrected chi connectivity index (χ2v) is 9.87. The predicted octanol–water partition coefficient (Wildman–Crippen LogP) is 5.25. The molecule has 4 rings (SSSR count). The maximum Gasteiger partial charge on any atom is 0.268 e. The number of benzene rings is 2. The Hall–Kier alpha value is -3.58. The molecule has 0 bridgehead atoms. The van der Waals surface area contributed by atoms with Crippen LogP contribution in [0.2, 0.25) is 0 Å². The van der Waals surface area contributed by atoms with E-state index < -0.39 is 5.60 Å². The van der Waals surface area contributed by atoms with Gasteiger partial charge >= 0.3 is 0 Å². The molecule has 1 aliphatic rings. The summed E-state index contributed by atoms with van der Waals surface area (Å²) in [5, 5.41) is 7.84. The van der Waals surface area contributed by atoms with Crippen LogP contribution in [0.4, 0.5) is 0 Å². The maximum atomic E-state index is 13.4. The Kier molecular flexibility index (Phi) is 6.75. The fourth-order valence-corrected chi connectivity index (χ4v) is 4.55. The highest BCUT2D eigenvalue weighted by atomic mass is 32.1. The van der Waals surface area contributed by atoms with Crippen LogP contribution in [0.1, 0.15) is 52.7 Å². The lowest BCUT2D eigenvalue weighted by molar-refractivity contribution is -0.119. The van der Waals surface area contributed by atoms with Crippen LogP contribution in [0.25, 0.3) is 6.08 Å². The first kappa shape index (κ1) is 23.6. The van der Waals surface area contributed by atoms with Gasteiger partial charge in [-0.15, -0.1) is 11.3 Å². The summed E-state index contributed by atoms with van der Waals surface area (Å²) >= 11 is 1.49. The number of rotatable bonds is 6. The fraction of sp³-hybridized carbons (Fsp3) is 0.259. The molecule has 0 saturated carbocycles. The van der Waals surface area contributed by atoms with Crippen molar-refractivity contribution >= 4 is 29.2 Å². The zero-order valence-electron chi connectivity index (χ0n) is 19.7. The summed E-state index contributed by atoms with van der Waals surface area (Å²) in [5.41, 5.74) is 2.11. The number of carbonyl (C=O) groups is 2. The summed E-state index contributed by atoms with van der Waals surface area (Å²) in [6.45, 7) is 5.92. The van der Waals surface area contributed by atoms with Crippen molar-refractivity contribution in [2.45, 2.75) is 38.8 Å². The molecule has 3 aromatic rings. The van der Waals surface area contributed by atoms with Gasteiger partial charge in [0.15, 0.2) is 0 Å². The molecule has 1 atom stereocenters. The molecule has 1 aromatic heterocycles. The third-order valence-corrected chi connectivity index (χ3v) is 6.44. The molecule has 0 spiro atoms. The first-order valence-electron chi connectivity index (χ1n) is 11.0. The summed E-state index contributed by atoms with van der Waals surface area (Å²) in [6.07, 6.45) is 2.28. The van der Waals surface area contributed by atoms with Gasteiger partial charge in [0.2, 0.25) is 0 Å². The molecule has 0 aliphatic carbocycles. The fourth-order valence-electron chi connectivity index (χ4n) is 3.90. The summed E-state index contributed by atoms with van der Waals surface area (Å²) in [4.78, 5) is 27.2. The Bertz CT molecular complexity index is 1210. The van der Waals surface area contributed by atoms with Gasteiger partial charge in [0.25, 0.3) is 11.8 Å². The Morgan fingerprint density at radius 1 is 1.15 bits per heavy atom. The van der Waals surface area contributed by atoms with Gasteiger partial charge in [0.1, 0.15) is 22.8 Å². The molecular weight excluding hydrogens is 448 g/mol. The average molecular weight is 477 g/mol. The van der Waals surface area contributed by atoms with E-state index in [1.54, 1.807) is 25.3 Å². The third-order valence-electron chi connectivity index (χ3n) is 5.62. The minimum Gasteiger partial charge on any atom is -0.497 e. The van der Waals surface area contributed by atoms with Gasteiger partial charge in [0, 0.05) is 28.5 Å². The van der Waals surface area contributed by atoms with Crippen LogP contribution in [0.3, 0.4) is 0 Å². The quantitative estimate of drug-likeness (QED) is 0.476. The third kappa shape index (κ3) is 5.48. The number of fused-ring (bicyclic) bond motifs is 1. The van der Waals surface area contributed by atoms with Gasteiger partial charge in [0.05, 0.1) is 13.2 Å².